The summed E-state index contributed by atoms with van der Waals surface area (Å²) in [6.07, 6.45) is 1.70. The Morgan fingerprint density at radius 2 is 1.83 bits per heavy atom. The second-order valence-electron chi connectivity index (χ2n) is 4.67. The second kappa shape index (κ2) is 11.0. The Balaban J connectivity index is 0.00000242. The van der Waals surface area contributed by atoms with Crippen molar-refractivity contribution in [2.45, 2.75) is 12.1 Å². The predicted molar refractivity (Wildman–Crippen MR) is 95.0 cm³/mol. The quantitative estimate of drug-likeness (QED) is 0.829. The number of benzene rings is 1. The Morgan fingerprint density at radius 1 is 1.17 bits per heavy atom. The van der Waals surface area contributed by atoms with E-state index < -0.39 is 6.04 Å². The molecule has 1 aromatic carbocycles. The number of hydrogen-bond donors (Lipinski definition) is 2. The monoisotopic (exact) mass is 357 g/mol. The van der Waals surface area contributed by atoms with E-state index in [4.69, 9.17) is 10.5 Å². The summed E-state index contributed by atoms with van der Waals surface area (Å²) in [5.74, 6) is -0.267. The lowest BCUT2D eigenvalue weighted by Gasteiger charge is -2.21. The van der Waals surface area contributed by atoms with Gasteiger partial charge >= 0.3 is 0 Å². The molecular formula is C16H21Cl2N3O2. The Bertz CT molecular complexity index is 531. The number of amides is 1. The highest BCUT2D eigenvalue weighted by Gasteiger charge is 2.21. The summed E-state index contributed by atoms with van der Waals surface area (Å²) in [6.45, 7) is 0.176. The van der Waals surface area contributed by atoms with Crippen LogP contribution in [-0.2, 0) is 9.53 Å². The molecule has 3 N–H and O–H groups in total. The predicted octanol–water partition coefficient (Wildman–Crippen LogP) is 2.10. The lowest BCUT2D eigenvalue weighted by molar-refractivity contribution is -0.124. The maximum Gasteiger partial charge on any atom is 0.240 e. The van der Waals surface area contributed by atoms with Gasteiger partial charge in [0.1, 0.15) is 6.04 Å². The van der Waals surface area contributed by atoms with Crippen LogP contribution in [0.1, 0.15) is 17.3 Å². The van der Waals surface area contributed by atoms with E-state index >= 15 is 0 Å². The number of pyridine rings is 1. The van der Waals surface area contributed by atoms with Gasteiger partial charge in [-0.3, -0.25) is 9.78 Å². The van der Waals surface area contributed by atoms with E-state index in [0.29, 0.717) is 0 Å². The maximum atomic E-state index is 12.1. The Labute approximate surface area is 148 Å². The van der Waals surface area contributed by atoms with Gasteiger partial charge in [0.05, 0.1) is 18.3 Å². The van der Waals surface area contributed by atoms with Crippen LogP contribution in [0, 0.1) is 0 Å². The highest BCUT2D eigenvalue weighted by molar-refractivity contribution is 5.85. The molecule has 126 valence electrons. The zero-order valence-electron chi connectivity index (χ0n) is 12.7. The third-order valence-corrected chi connectivity index (χ3v) is 3.09. The SMILES string of the molecule is COCC(N)C(=O)NC(c1ccccc1)c1ccccn1.Cl.Cl. The number of nitrogens with zero attached hydrogens (tertiary/aromatic N) is 1. The summed E-state index contributed by atoms with van der Waals surface area (Å²) in [5.41, 5.74) is 7.49. The molecule has 5 nitrogen and oxygen atoms in total. The van der Waals surface area contributed by atoms with Crippen LogP contribution in [0.3, 0.4) is 0 Å². The first-order valence-electron chi connectivity index (χ1n) is 6.73. The van der Waals surface area contributed by atoms with E-state index in [2.05, 4.69) is 10.3 Å². The van der Waals surface area contributed by atoms with E-state index in [1.54, 1.807) is 6.20 Å². The maximum absolute atomic E-state index is 12.1. The number of aromatic nitrogens is 1. The van der Waals surface area contributed by atoms with Crippen LogP contribution in [0.4, 0.5) is 0 Å². The summed E-state index contributed by atoms with van der Waals surface area (Å²) in [5, 5.41) is 2.93. The van der Waals surface area contributed by atoms with Crippen LogP contribution >= 0.6 is 24.8 Å². The van der Waals surface area contributed by atoms with Crippen LogP contribution in [-0.4, -0.2) is 30.6 Å². The zero-order valence-corrected chi connectivity index (χ0v) is 14.3. The fourth-order valence-electron chi connectivity index (χ4n) is 2.02. The zero-order chi connectivity index (χ0) is 15.1. The molecule has 2 unspecified atom stereocenters. The molecule has 0 fully saturated rings. The van der Waals surface area contributed by atoms with E-state index in [9.17, 15) is 4.79 Å². The molecule has 0 bridgehead atoms. The standard InChI is InChI=1S/C16H19N3O2.2ClH/c1-21-11-13(17)16(20)19-15(12-7-3-2-4-8-12)14-9-5-6-10-18-14;;/h2-10,13,15H,11,17H2,1H3,(H,19,20);2*1H. The lowest BCUT2D eigenvalue weighted by Crippen LogP contribution is -2.45. The first-order chi connectivity index (χ1) is 10.2. The van der Waals surface area contributed by atoms with Crippen molar-refractivity contribution < 1.29 is 9.53 Å². The van der Waals surface area contributed by atoms with Crippen molar-refractivity contribution in [2.75, 3.05) is 13.7 Å². The van der Waals surface area contributed by atoms with Gasteiger partial charge in [-0.25, -0.2) is 0 Å². The van der Waals surface area contributed by atoms with E-state index in [1.165, 1.54) is 7.11 Å². The van der Waals surface area contributed by atoms with Gasteiger partial charge in [-0.2, -0.15) is 0 Å². The minimum absolute atomic E-state index is 0. The van der Waals surface area contributed by atoms with Crippen molar-refractivity contribution in [1.82, 2.24) is 10.3 Å². The van der Waals surface area contributed by atoms with Crippen molar-refractivity contribution >= 4 is 30.7 Å². The minimum atomic E-state index is -0.704. The molecule has 23 heavy (non-hydrogen) atoms. The molecule has 2 rings (SSSR count). The Morgan fingerprint density at radius 3 is 2.39 bits per heavy atom. The van der Waals surface area contributed by atoms with Gasteiger partial charge in [-0.05, 0) is 17.7 Å². The van der Waals surface area contributed by atoms with E-state index in [1.807, 2.05) is 48.5 Å². The Kier molecular flexibility index (Phi) is 10.2. The van der Waals surface area contributed by atoms with Crippen molar-refractivity contribution in [2.24, 2.45) is 5.73 Å². The minimum Gasteiger partial charge on any atom is -0.383 e. The molecule has 1 heterocycles. The van der Waals surface area contributed by atoms with Gasteiger partial charge < -0.3 is 15.8 Å². The van der Waals surface area contributed by atoms with Crippen LogP contribution < -0.4 is 11.1 Å². The summed E-state index contributed by atoms with van der Waals surface area (Å²) < 4.78 is 4.92. The molecule has 0 spiro atoms. The topological polar surface area (TPSA) is 77.2 Å². The van der Waals surface area contributed by atoms with Crippen molar-refractivity contribution in [1.29, 1.82) is 0 Å². The average molecular weight is 358 g/mol. The number of nitrogens with one attached hydrogen (secondary N) is 1. The van der Waals surface area contributed by atoms with Gasteiger partial charge in [0, 0.05) is 13.3 Å². The van der Waals surface area contributed by atoms with Crippen LogP contribution in [0.5, 0.6) is 0 Å². The van der Waals surface area contributed by atoms with Crippen LogP contribution in [0.2, 0.25) is 0 Å². The summed E-state index contributed by atoms with van der Waals surface area (Å²) in [7, 11) is 1.51. The molecular weight excluding hydrogens is 337 g/mol. The molecule has 0 saturated heterocycles. The lowest BCUT2D eigenvalue weighted by atomic mass is 10.0. The van der Waals surface area contributed by atoms with Gasteiger partial charge in [0.2, 0.25) is 5.91 Å². The summed E-state index contributed by atoms with van der Waals surface area (Å²) in [6, 6.07) is 14.2. The first kappa shape index (κ1) is 21.3. The van der Waals surface area contributed by atoms with Crippen molar-refractivity contribution in [3.05, 3.63) is 66.0 Å². The molecule has 2 aromatic rings. The fourth-order valence-corrected chi connectivity index (χ4v) is 2.02. The number of nitrogens with two attached hydrogens (primary N) is 1. The van der Waals surface area contributed by atoms with Gasteiger partial charge in [0.25, 0.3) is 0 Å². The average Bonchev–Trinajstić information content (AvgIpc) is 2.54. The van der Waals surface area contributed by atoms with Crippen LogP contribution in [0.15, 0.2) is 54.7 Å². The number of carbonyl (C=O) groups excluding carboxylic acids is 1. The van der Waals surface area contributed by atoms with Gasteiger partial charge in [0.15, 0.2) is 0 Å². The molecule has 1 amide bonds. The second-order valence-corrected chi connectivity index (χ2v) is 4.67. The molecule has 7 heteroatoms. The van der Waals surface area contributed by atoms with Crippen molar-refractivity contribution in [3.8, 4) is 0 Å². The largest absolute Gasteiger partial charge is 0.383 e. The highest BCUT2D eigenvalue weighted by atomic mass is 35.5. The van der Waals surface area contributed by atoms with E-state index in [-0.39, 0.29) is 43.4 Å². The number of halogens is 2. The number of carbonyl (C=O) groups is 1. The first-order valence-corrected chi connectivity index (χ1v) is 6.73. The molecule has 0 aliphatic rings. The Hall–Kier alpha value is -1.66. The fraction of sp³-hybridized carbons (Fsp3) is 0.250. The molecule has 0 aliphatic carbocycles. The number of ether oxygens (including phenoxy) is 1. The smallest absolute Gasteiger partial charge is 0.240 e. The molecule has 0 saturated carbocycles. The molecule has 1 aromatic heterocycles. The number of hydrogen-bond acceptors (Lipinski definition) is 4. The normalized spacial score (nSPS) is 12.3. The summed E-state index contributed by atoms with van der Waals surface area (Å²) in [4.78, 5) is 16.5. The highest BCUT2D eigenvalue weighted by Crippen LogP contribution is 2.19. The molecule has 0 radical (unpaired) electrons. The third kappa shape index (κ3) is 6.15. The number of rotatable bonds is 6. The molecule has 0 aliphatic heterocycles. The number of methoxy groups -OCH3 is 1. The molecule has 2 atom stereocenters. The van der Waals surface area contributed by atoms with Gasteiger partial charge in [-0.15, -0.1) is 24.8 Å². The van der Waals surface area contributed by atoms with Gasteiger partial charge in [-0.1, -0.05) is 36.4 Å². The van der Waals surface area contributed by atoms with Crippen molar-refractivity contribution in [3.63, 3.8) is 0 Å². The van der Waals surface area contributed by atoms with Crippen LogP contribution in [0.25, 0.3) is 0 Å². The third-order valence-electron chi connectivity index (χ3n) is 3.09. The van der Waals surface area contributed by atoms with E-state index in [0.717, 1.165) is 11.3 Å². The summed E-state index contributed by atoms with van der Waals surface area (Å²) >= 11 is 0.